The van der Waals surface area contributed by atoms with Crippen LogP contribution in [0.4, 0.5) is 5.69 Å². The van der Waals surface area contributed by atoms with Crippen molar-refractivity contribution >= 4 is 11.9 Å². The van der Waals surface area contributed by atoms with Gasteiger partial charge in [0.2, 0.25) is 0 Å². The smallest absolute Gasteiger partial charge is 0 e. The summed E-state index contributed by atoms with van der Waals surface area (Å²) in [6.07, 6.45) is 11.2. The van der Waals surface area contributed by atoms with Crippen LogP contribution in [0.5, 0.6) is 0 Å². The second-order valence-corrected chi connectivity index (χ2v) is 3.53. The van der Waals surface area contributed by atoms with E-state index in [2.05, 4.69) is 36.4 Å². The Hall–Kier alpha value is -0.656. The summed E-state index contributed by atoms with van der Waals surface area (Å²) in [7, 11) is 0. The maximum atomic E-state index is 4.29. The van der Waals surface area contributed by atoms with Crippen LogP contribution < -0.4 is 0 Å². The van der Waals surface area contributed by atoms with Crippen molar-refractivity contribution in [2.75, 3.05) is 0 Å². The maximum absolute atomic E-state index is 4.29. The third-order valence-corrected chi connectivity index (χ3v) is 2.35. The number of allylic oxidation sites excluding steroid dienone is 4. The van der Waals surface area contributed by atoms with E-state index in [-0.39, 0.29) is 32.7 Å². The van der Waals surface area contributed by atoms with Gasteiger partial charge in [-0.15, -0.1) is 17.8 Å². The van der Waals surface area contributed by atoms with Gasteiger partial charge in [-0.1, -0.05) is 36.3 Å². The molecule has 0 saturated carbocycles. The summed E-state index contributed by atoms with van der Waals surface area (Å²) in [6, 6.07) is 7.84. The largest absolute Gasteiger partial charge is 0.457 e. The predicted octanol–water partition coefficient (Wildman–Crippen LogP) is 3.72. The van der Waals surface area contributed by atoms with Crippen molar-refractivity contribution in [2.45, 2.75) is 12.8 Å². The summed E-state index contributed by atoms with van der Waals surface area (Å²) in [4.78, 5) is 4.29. The maximum Gasteiger partial charge on any atom is 0 e. The molecule has 1 aliphatic carbocycles. The number of para-hydroxylation sites is 1. The normalized spacial score (nSPS) is 13.9. The van der Waals surface area contributed by atoms with Crippen LogP contribution in [0.3, 0.4) is 0 Å². The molecule has 1 radical (unpaired) electrons. The molecule has 0 saturated heterocycles. The Morgan fingerprint density at radius 3 is 2.81 bits per heavy atom. The average Bonchev–Trinajstić information content (AvgIpc) is 2.74. The fraction of sp³-hybridized carbons (Fsp3) is 0.143. The van der Waals surface area contributed by atoms with E-state index >= 15 is 0 Å². The first kappa shape index (κ1) is 13.4. The molecule has 1 aromatic carbocycles. The van der Waals surface area contributed by atoms with Crippen molar-refractivity contribution in [2.24, 2.45) is 4.99 Å². The zero-order valence-corrected chi connectivity index (χ0v) is 12.0. The molecule has 79 valence electrons. The zero-order chi connectivity index (χ0) is 10.5. The molecule has 0 heterocycles. The first-order chi connectivity index (χ1) is 7.36. The molecule has 2 heteroatoms. The monoisotopic (exact) mass is 284 g/mol. The minimum absolute atomic E-state index is 0. The summed E-state index contributed by atoms with van der Waals surface area (Å²) >= 11 is 0. The number of rotatable bonds is 3. The predicted molar refractivity (Wildman–Crippen MR) is 64.5 cm³/mol. The molecular formula is C14H13NY-2. The van der Waals surface area contributed by atoms with E-state index < -0.39 is 0 Å². The van der Waals surface area contributed by atoms with E-state index in [1.165, 1.54) is 5.57 Å². The van der Waals surface area contributed by atoms with Crippen molar-refractivity contribution in [3.8, 4) is 0 Å². The van der Waals surface area contributed by atoms with Gasteiger partial charge in [-0.05, 0) is 6.42 Å². The SMILES string of the molecule is [CH2-]c1ccccc1N=[C-]CC1=CC=CC1.[Y]. The summed E-state index contributed by atoms with van der Waals surface area (Å²) in [5, 5.41) is 0. The molecule has 0 atom stereocenters. The summed E-state index contributed by atoms with van der Waals surface area (Å²) in [5.41, 5.74) is 3.22. The molecule has 0 unspecified atom stereocenters. The van der Waals surface area contributed by atoms with Crippen molar-refractivity contribution in [3.63, 3.8) is 0 Å². The van der Waals surface area contributed by atoms with Crippen LogP contribution in [0.15, 0.2) is 53.1 Å². The van der Waals surface area contributed by atoms with Gasteiger partial charge < -0.3 is 4.99 Å². The van der Waals surface area contributed by atoms with Crippen LogP contribution in [0.25, 0.3) is 0 Å². The van der Waals surface area contributed by atoms with Crippen molar-refractivity contribution in [3.05, 3.63) is 60.6 Å². The topological polar surface area (TPSA) is 12.4 Å². The molecule has 0 fully saturated rings. The fourth-order valence-corrected chi connectivity index (χ4v) is 1.47. The first-order valence-electron chi connectivity index (χ1n) is 5.05. The molecule has 0 aromatic heterocycles. The molecule has 0 spiro atoms. The van der Waals surface area contributed by atoms with Gasteiger partial charge >= 0.3 is 0 Å². The number of hydrogen-bond donors (Lipinski definition) is 0. The van der Waals surface area contributed by atoms with E-state index in [9.17, 15) is 0 Å². The van der Waals surface area contributed by atoms with Gasteiger partial charge in [0.25, 0.3) is 0 Å². The van der Waals surface area contributed by atoms with E-state index in [1.807, 2.05) is 24.3 Å². The number of aliphatic imine (C=N–C) groups is 1. The minimum atomic E-state index is 0. The second-order valence-electron chi connectivity index (χ2n) is 3.53. The Morgan fingerprint density at radius 1 is 1.31 bits per heavy atom. The van der Waals surface area contributed by atoms with Crippen LogP contribution in [0, 0.1) is 6.92 Å². The van der Waals surface area contributed by atoms with Gasteiger partial charge in [0, 0.05) is 32.7 Å². The Balaban J connectivity index is 0.00000128. The fourth-order valence-electron chi connectivity index (χ4n) is 1.47. The molecule has 0 aliphatic heterocycles. The average molecular weight is 284 g/mol. The molecular weight excluding hydrogens is 271 g/mol. The second kappa shape index (κ2) is 6.83. The number of hydrogen-bond acceptors (Lipinski definition) is 1. The molecule has 1 nitrogen and oxygen atoms in total. The van der Waals surface area contributed by atoms with Crippen LogP contribution in [0.2, 0.25) is 0 Å². The molecule has 1 aliphatic rings. The third kappa shape index (κ3) is 3.73. The van der Waals surface area contributed by atoms with E-state index in [0.717, 1.165) is 24.1 Å². The summed E-state index contributed by atoms with van der Waals surface area (Å²) in [6.45, 7) is 3.91. The summed E-state index contributed by atoms with van der Waals surface area (Å²) in [5.74, 6) is 0. The van der Waals surface area contributed by atoms with Gasteiger partial charge in [0.05, 0.1) is 0 Å². The van der Waals surface area contributed by atoms with E-state index in [4.69, 9.17) is 0 Å². The van der Waals surface area contributed by atoms with Gasteiger partial charge in [-0.25, -0.2) is 6.92 Å². The molecule has 16 heavy (non-hydrogen) atoms. The zero-order valence-electron chi connectivity index (χ0n) is 9.19. The minimum Gasteiger partial charge on any atom is -0.457 e. The van der Waals surface area contributed by atoms with Crippen molar-refractivity contribution < 1.29 is 32.7 Å². The van der Waals surface area contributed by atoms with Crippen LogP contribution >= 0.6 is 0 Å². The van der Waals surface area contributed by atoms with Gasteiger partial charge in [-0.3, -0.25) is 0 Å². The Morgan fingerprint density at radius 2 is 2.12 bits per heavy atom. The molecule has 0 bridgehead atoms. The molecule has 0 N–H and O–H groups in total. The Bertz CT molecular complexity index is 430. The Labute approximate surface area is 122 Å². The summed E-state index contributed by atoms with van der Waals surface area (Å²) < 4.78 is 0. The van der Waals surface area contributed by atoms with Gasteiger partial charge in [-0.2, -0.15) is 17.8 Å². The number of nitrogens with zero attached hydrogens (tertiary/aromatic N) is 1. The van der Waals surface area contributed by atoms with E-state index in [1.54, 1.807) is 0 Å². The molecule has 2 rings (SSSR count). The number of benzene rings is 1. The van der Waals surface area contributed by atoms with Gasteiger partial charge in [0.15, 0.2) is 0 Å². The van der Waals surface area contributed by atoms with Crippen molar-refractivity contribution in [1.82, 2.24) is 0 Å². The van der Waals surface area contributed by atoms with Crippen LogP contribution in [-0.4, -0.2) is 6.21 Å². The molecule has 0 amide bonds. The standard InChI is InChI=1S/C14H13N.Y/c1-12-6-2-5-9-14(12)15-11-10-13-7-3-4-8-13;/h2-7,9H,1,8,10H2;/q-2;. The molecule has 1 aromatic rings. The van der Waals surface area contributed by atoms with Crippen molar-refractivity contribution in [1.29, 1.82) is 0 Å². The van der Waals surface area contributed by atoms with E-state index in [0.29, 0.717) is 0 Å². The van der Waals surface area contributed by atoms with Gasteiger partial charge in [0.1, 0.15) is 0 Å². The first-order valence-corrected chi connectivity index (χ1v) is 5.05. The van der Waals surface area contributed by atoms with Crippen LogP contribution in [-0.2, 0) is 32.7 Å². The third-order valence-electron chi connectivity index (χ3n) is 2.35. The Kier molecular flexibility index (Phi) is 5.72. The van der Waals surface area contributed by atoms with Crippen LogP contribution in [0.1, 0.15) is 18.4 Å². The quantitative estimate of drug-likeness (QED) is 0.592.